The summed E-state index contributed by atoms with van der Waals surface area (Å²) >= 11 is 0. The second-order valence-corrected chi connectivity index (χ2v) is 2.36. The number of halogens is 5. The maximum atomic E-state index is 11.8. The molecule has 84 valence electrons. The molecule has 0 aliphatic carbocycles. The van der Waals surface area contributed by atoms with E-state index in [9.17, 15) is 26.7 Å². The third kappa shape index (κ3) is 4.95. The van der Waals surface area contributed by atoms with Crippen LogP contribution in [0.5, 0.6) is 0 Å². The molecule has 0 rings (SSSR count). The topological polar surface area (TPSA) is 46.5 Å². The molecule has 0 amide bonds. The second kappa shape index (κ2) is 5.08. The second-order valence-electron chi connectivity index (χ2n) is 2.36. The zero-order valence-corrected chi connectivity index (χ0v) is 6.72. The van der Waals surface area contributed by atoms with E-state index in [4.69, 9.17) is 5.11 Å². The molecule has 0 fully saturated rings. The Balaban J connectivity index is 4.07. The summed E-state index contributed by atoms with van der Waals surface area (Å²) in [5.41, 5.74) is 0. The number of carboxylic acid groups (broad SMARTS) is 1. The summed E-state index contributed by atoms with van der Waals surface area (Å²) < 4.78 is 62.3. The predicted molar refractivity (Wildman–Crippen MR) is 34.0 cm³/mol. The minimum Gasteiger partial charge on any atom is -0.481 e. The van der Waals surface area contributed by atoms with Crippen molar-refractivity contribution in [3.05, 3.63) is 0 Å². The SMILES string of the molecule is O=C(O)C(COCC(F)F)C(F)(F)F. The van der Waals surface area contributed by atoms with Gasteiger partial charge in [-0.15, -0.1) is 0 Å². The molecule has 0 aliphatic heterocycles. The maximum Gasteiger partial charge on any atom is 0.404 e. The quantitative estimate of drug-likeness (QED) is 0.717. The highest BCUT2D eigenvalue weighted by Crippen LogP contribution is 2.26. The van der Waals surface area contributed by atoms with Gasteiger partial charge in [-0.2, -0.15) is 13.2 Å². The Hall–Kier alpha value is -0.920. The molecule has 8 heteroatoms. The molecule has 0 bridgehead atoms. The molecule has 1 N–H and O–H groups in total. The normalized spacial score (nSPS) is 14.4. The summed E-state index contributed by atoms with van der Waals surface area (Å²) in [7, 11) is 0. The standard InChI is InChI=1S/C6H7F5O3/c7-4(8)2-14-1-3(5(12)13)6(9,10)11/h3-4H,1-2H2,(H,12,13). The minimum absolute atomic E-state index is 1.21. The number of hydrogen-bond donors (Lipinski definition) is 1. The minimum atomic E-state index is -4.99. The van der Waals surface area contributed by atoms with Crippen molar-refractivity contribution < 1.29 is 36.6 Å². The van der Waals surface area contributed by atoms with Crippen LogP contribution in [0.1, 0.15) is 0 Å². The van der Waals surface area contributed by atoms with Gasteiger partial charge in [0.25, 0.3) is 6.43 Å². The van der Waals surface area contributed by atoms with Crippen LogP contribution < -0.4 is 0 Å². The molecule has 0 aromatic carbocycles. The van der Waals surface area contributed by atoms with Gasteiger partial charge >= 0.3 is 12.1 Å². The Labute approximate surface area is 75.5 Å². The predicted octanol–water partition coefficient (Wildman–Crippen LogP) is 1.53. The number of alkyl halides is 5. The van der Waals surface area contributed by atoms with Crippen LogP contribution in [-0.2, 0) is 9.53 Å². The first-order chi connectivity index (χ1) is 6.25. The Bertz CT molecular complexity index is 190. The lowest BCUT2D eigenvalue weighted by Gasteiger charge is -2.15. The first-order valence-electron chi connectivity index (χ1n) is 3.40. The Kier molecular flexibility index (Phi) is 4.75. The van der Waals surface area contributed by atoms with Gasteiger partial charge < -0.3 is 9.84 Å². The van der Waals surface area contributed by atoms with Gasteiger partial charge in [0.15, 0.2) is 5.92 Å². The lowest BCUT2D eigenvalue weighted by Crippen LogP contribution is -2.35. The van der Waals surface area contributed by atoms with Crippen LogP contribution in [-0.4, -0.2) is 36.9 Å². The lowest BCUT2D eigenvalue weighted by atomic mass is 10.1. The molecule has 1 unspecified atom stereocenters. The van der Waals surface area contributed by atoms with E-state index in [-0.39, 0.29) is 0 Å². The van der Waals surface area contributed by atoms with E-state index in [0.717, 1.165) is 0 Å². The van der Waals surface area contributed by atoms with Crippen LogP contribution >= 0.6 is 0 Å². The van der Waals surface area contributed by atoms with Gasteiger partial charge in [-0.25, -0.2) is 8.78 Å². The van der Waals surface area contributed by atoms with Crippen molar-refractivity contribution in [2.24, 2.45) is 5.92 Å². The van der Waals surface area contributed by atoms with E-state index in [1.807, 2.05) is 0 Å². The number of ether oxygens (including phenoxy) is 1. The van der Waals surface area contributed by atoms with Gasteiger partial charge in [0.05, 0.1) is 6.61 Å². The average molecular weight is 222 g/mol. The van der Waals surface area contributed by atoms with Crippen molar-refractivity contribution in [2.45, 2.75) is 12.6 Å². The van der Waals surface area contributed by atoms with E-state index in [0.29, 0.717) is 0 Å². The highest BCUT2D eigenvalue weighted by molar-refractivity contribution is 5.71. The smallest absolute Gasteiger partial charge is 0.404 e. The molecule has 3 nitrogen and oxygen atoms in total. The summed E-state index contributed by atoms with van der Waals surface area (Å²) in [6.07, 6.45) is -7.91. The van der Waals surface area contributed by atoms with Crippen molar-refractivity contribution in [1.82, 2.24) is 0 Å². The third-order valence-corrected chi connectivity index (χ3v) is 1.22. The van der Waals surface area contributed by atoms with E-state index < -0.39 is 37.7 Å². The Morgan fingerprint density at radius 3 is 2.07 bits per heavy atom. The summed E-state index contributed by atoms with van der Waals surface area (Å²) in [5, 5.41) is 8.09. The van der Waals surface area contributed by atoms with Gasteiger partial charge in [-0.05, 0) is 0 Å². The fraction of sp³-hybridized carbons (Fsp3) is 0.833. The van der Waals surface area contributed by atoms with E-state index in [1.165, 1.54) is 0 Å². The zero-order valence-electron chi connectivity index (χ0n) is 6.72. The van der Waals surface area contributed by atoms with Crippen LogP contribution in [0.3, 0.4) is 0 Å². The molecule has 14 heavy (non-hydrogen) atoms. The number of carboxylic acids is 1. The number of carbonyl (C=O) groups is 1. The molecule has 0 aromatic heterocycles. The average Bonchev–Trinajstić information content (AvgIpc) is 1.94. The molecule has 0 aliphatic rings. The van der Waals surface area contributed by atoms with Gasteiger partial charge in [-0.3, -0.25) is 4.79 Å². The van der Waals surface area contributed by atoms with Crippen LogP contribution in [0.2, 0.25) is 0 Å². The van der Waals surface area contributed by atoms with Gasteiger partial charge in [0, 0.05) is 0 Å². The van der Waals surface area contributed by atoms with Crippen molar-refractivity contribution in [1.29, 1.82) is 0 Å². The van der Waals surface area contributed by atoms with Crippen LogP contribution in [0.25, 0.3) is 0 Å². The monoisotopic (exact) mass is 222 g/mol. The summed E-state index contributed by atoms with van der Waals surface area (Å²) in [5.74, 6) is -4.91. The molecule has 1 atom stereocenters. The summed E-state index contributed by atoms with van der Waals surface area (Å²) in [6, 6.07) is 0. The first kappa shape index (κ1) is 13.1. The molecule has 0 radical (unpaired) electrons. The molecule has 0 spiro atoms. The number of hydrogen-bond acceptors (Lipinski definition) is 2. The zero-order chi connectivity index (χ0) is 11.4. The summed E-state index contributed by atoms with van der Waals surface area (Å²) in [6.45, 7) is -2.51. The van der Waals surface area contributed by atoms with Crippen LogP contribution in [0.4, 0.5) is 22.0 Å². The van der Waals surface area contributed by atoms with Crippen molar-refractivity contribution in [3.8, 4) is 0 Å². The highest BCUT2D eigenvalue weighted by atomic mass is 19.4. The molecule has 0 aromatic rings. The van der Waals surface area contributed by atoms with Crippen LogP contribution in [0.15, 0.2) is 0 Å². The highest BCUT2D eigenvalue weighted by Gasteiger charge is 2.45. The maximum absolute atomic E-state index is 11.8. The first-order valence-corrected chi connectivity index (χ1v) is 3.40. The number of rotatable bonds is 5. The van der Waals surface area contributed by atoms with E-state index in [2.05, 4.69) is 4.74 Å². The van der Waals surface area contributed by atoms with Crippen LogP contribution in [0, 0.1) is 5.92 Å². The largest absolute Gasteiger partial charge is 0.481 e. The fourth-order valence-electron chi connectivity index (χ4n) is 0.581. The van der Waals surface area contributed by atoms with E-state index >= 15 is 0 Å². The molecular formula is C6H7F5O3. The van der Waals surface area contributed by atoms with Crippen molar-refractivity contribution >= 4 is 5.97 Å². The van der Waals surface area contributed by atoms with Crippen molar-refractivity contribution in [3.63, 3.8) is 0 Å². The molecule has 0 saturated heterocycles. The fourth-order valence-corrected chi connectivity index (χ4v) is 0.581. The number of aliphatic carboxylic acids is 1. The van der Waals surface area contributed by atoms with Gasteiger partial charge in [0.1, 0.15) is 6.61 Å². The Morgan fingerprint density at radius 2 is 1.79 bits per heavy atom. The molecule has 0 heterocycles. The molecular weight excluding hydrogens is 215 g/mol. The third-order valence-electron chi connectivity index (χ3n) is 1.22. The van der Waals surface area contributed by atoms with Crippen molar-refractivity contribution in [2.75, 3.05) is 13.2 Å². The van der Waals surface area contributed by atoms with Gasteiger partial charge in [0.2, 0.25) is 0 Å². The van der Waals surface area contributed by atoms with Gasteiger partial charge in [-0.1, -0.05) is 0 Å². The summed E-state index contributed by atoms with van der Waals surface area (Å²) in [4.78, 5) is 10.0. The molecule has 0 saturated carbocycles. The lowest BCUT2D eigenvalue weighted by molar-refractivity contribution is -0.204. The van der Waals surface area contributed by atoms with E-state index in [1.54, 1.807) is 0 Å². The Morgan fingerprint density at radius 1 is 1.29 bits per heavy atom.